The molecular formula is C13H14N2O2. The SMILES string of the molecule is N#CC1CCCN1C(=O)Cc1ccccc1O. The number of nitriles is 1. The third-order valence-corrected chi connectivity index (χ3v) is 3.06. The number of phenolic OH excluding ortho intramolecular Hbond substituents is 1. The van der Waals surface area contributed by atoms with Crippen molar-refractivity contribution in [2.75, 3.05) is 6.54 Å². The van der Waals surface area contributed by atoms with Crippen molar-refractivity contribution >= 4 is 5.91 Å². The van der Waals surface area contributed by atoms with Crippen LogP contribution in [0.4, 0.5) is 0 Å². The van der Waals surface area contributed by atoms with Gasteiger partial charge >= 0.3 is 0 Å². The first-order valence-corrected chi connectivity index (χ1v) is 5.68. The largest absolute Gasteiger partial charge is 0.508 e. The van der Waals surface area contributed by atoms with E-state index in [1.54, 1.807) is 29.2 Å². The van der Waals surface area contributed by atoms with Crippen LogP contribution < -0.4 is 0 Å². The minimum atomic E-state index is -0.298. The summed E-state index contributed by atoms with van der Waals surface area (Å²) in [5.74, 6) is 0.0455. The average Bonchev–Trinajstić information content (AvgIpc) is 2.80. The van der Waals surface area contributed by atoms with Crippen LogP contribution in [-0.4, -0.2) is 28.5 Å². The van der Waals surface area contributed by atoms with Gasteiger partial charge in [0.2, 0.25) is 5.91 Å². The second-order valence-electron chi connectivity index (χ2n) is 4.18. The number of hydrogen-bond acceptors (Lipinski definition) is 3. The molecule has 1 aliphatic rings. The maximum Gasteiger partial charge on any atom is 0.228 e. The monoisotopic (exact) mass is 230 g/mol. The molecule has 4 heteroatoms. The predicted octanol–water partition coefficient (Wildman–Crippen LogP) is 1.45. The van der Waals surface area contributed by atoms with E-state index < -0.39 is 0 Å². The molecule has 1 unspecified atom stereocenters. The van der Waals surface area contributed by atoms with Gasteiger partial charge in [-0.15, -0.1) is 0 Å². The molecule has 1 aromatic carbocycles. The lowest BCUT2D eigenvalue weighted by Gasteiger charge is -2.19. The summed E-state index contributed by atoms with van der Waals surface area (Å²) in [5, 5.41) is 18.5. The molecule has 1 atom stereocenters. The minimum absolute atomic E-state index is 0.0875. The van der Waals surface area contributed by atoms with E-state index in [1.165, 1.54) is 0 Å². The second-order valence-corrected chi connectivity index (χ2v) is 4.18. The predicted molar refractivity (Wildman–Crippen MR) is 62.2 cm³/mol. The van der Waals surface area contributed by atoms with Gasteiger partial charge in [-0.05, 0) is 18.9 Å². The Bertz CT molecular complexity index is 465. The first-order chi connectivity index (χ1) is 8.22. The second kappa shape index (κ2) is 4.88. The molecule has 0 radical (unpaired) electrons. The molecule has 0 bridgehead atoms. The van der Waals surface area contributed by atoms with E-state index in [2.05, 4.69) is 6.07 Å². The van der Waals surface area contributed by atoms with Crippen molar-refractivity contribution < 1.29 is 9.90 Å². The van der Waals surface area contributed by atoms with Crippen LogP contribution in [0, 0.1) is 11.3 Å². The Balaban J connectivity index is 2.07. The molecule has 1 N–H and O–H groups in total. The Labute approximate surface area is 100 Å². The van der Waals surface area contributed by atoms with Crippen LogP contribution in [0.2, 0.25) is 0 Å². The molecule has 1 fully saturated rings. The highest BCUT2D eigenvalue weighted by atomic mass is 16.3. The molecule has 1 amide bonds. The number of aromatic hydroxyl groups is 1. The van der Waals surface area contributed by atoms with Gasteiger partial charge in [0, 0.05) is 12.1 Å². The first kappa shape index (κ1) is 11.5. The number of rotatable bonds is 2. The van der Waals surface area contributed by atoms with Crippen LogP contribution in [0.25, 0.3) is 0 Å². The van der Waals surface area contributed by atoms with Crippen molar-refractivity contribution in [3.63, 3.8) is 0 Å². The maximum atomic E-state index is 12.0. The van der Waals surface area contributed by atoms with Crippen molar-refractivity contribution in [3.05, 3.63) is 29.8 Å². The van der Waals surface area contributed by atoms with Gasteiger partial charge in [-0.2, -0.15) is 5.26 Å². The Morgan fingerprint density at radius 2 is 2.29 bits per heavy atom. The smallest absolute Gasteiger partial charge is 0.228 e. The van der Waals surface area contributed by atoms with E-state index in [1.807, 2.05) is 0 Å². The fraction of sp³-hybridized carbons (Fsp3) is 0.385. The van der Waals surface area contributed by atoms with Crippen LogP contribution in [-0.2, 0) is 11.2 Å². The van der Waals surface area contributed by atoms with Crippen LogP contribution in [0.5, 0.6) is 5.75 Å². The van der Waals surface area contributed by atoms with Crippen LogP contribution in [0.3, 0.4) is 0 Å². The van der Waals surface area contributed by atoms with E-state index in [4.69, 9.17) is 5.26 Å². The number of benzene rings is 1. The normalized spacial score (nSPS) is 19.0. The van der Waals surface area contributed by atoms with Gasteiger partial charge in [0.15, 0.2) is 0 Å². The first-order valence-electron chi connectivity index (χ1n) is 5.68. The zero-order valence-corrected chi connectivity index (χ0v) is 9.47. The van der Waals surface area contributed by atoms with Gasteiger partial charge in [-0.1, -0.05) is 18.2 Å². The molecule has 2 rings (SSSR count). The van der Waals surface area contributed by atoms with Crippen LogP contribution in [0.1, 0.15) is 18.4 Å². The summed E-state index contributed by atoms with van der Waals surface area (Å²) in [5.41, 5.74) is 0.612. The highest BCUT2D eigenvalue weighted by Crippen LogP contribution is 2.21. The number of hydrogen-bond donors (Lipinski definition) is 1. The summed E-state index contributed by atoms with van der Waals surface area (Å²) < 4.78 is 0. The molecular weight excluding hydrogens is 216 g/mol. The molecule has 88 valence electrons. The number of carbonyl (C=O) groups is 1. The van der Waals surface area contributed by atoms with Gasteiger partial charge in [0.1, 0.15) is 11.8 Å². The van der Waals surface area contributed by atoms with Gasteiger partial charge in [0.05, 0.1) is 12.5 Å². The summed E-state index contributed by atoms with van der Waals surface area (Å²) in [7, 11) is 0. The number of para-hydroxylation sites is 1. The minimum Gasteiger partial charge on any atom is -0.508 e. The molecule has 4 nitrogen and oxygen atoms in total. The van der Waals surface area contributed by atoms with Gasteiger partial charge in [-0.3, -0.25) is 4.79 Å². The number of nitrogens with zero attached hydrogens (tertiary/aromatic N) is 2. The molecule has 1 heterocycles. The van der Waals surface area contributed by atoms with Crippen molar-refractivity contribution in [1.29, 1.82) is 5.26 Å². The zero-order chi connectivity index (χ0) is 12.3. The highest BCUT2D eigenvalue weighted by Gasteiger charge is 2.28. The summed E-state index contributed by atoms with van der Waals surface area (Å²) in [6.45, 7) is 0.644. The van der Waals surface area contributed by atoms with E-state index in [0.717, 1.165) is 12.8 Å². The van der Waals surface area contributed by atoms with Crippen molar-refractivity contribution in [3.8, 4) is 11.8 Å². The Kier molecular flexibility index (Phi) is 3.29. The van der Waals surface area contributed by atoms with E-state index in [0.29, 0.717) is 12.1 Å². The lowest BCUT2D eigenvalue weighted by Crippen LogP contribution is -2.35. The van der Waals surface area contributed by atoms with Gasteiger partial charge in [-0.25, -0.2) is 0 Å². The Morgan fingerprint density at radius 1 is 1.53 bits per heavy atom. The molecule has 17 heavy (non-hydrogen) atoms. The Morgan fingerprint density at radius 3 is 3.00 bits per heavy atom. The van der Waals surface area contributed by atoms with Crippen molar-refractivity contribution in [2.45, 2.75) is 25.3 Å². The number of likely N-dealkylation sites (tertiary alicyclic amines) is 1. The van der Waals surface area contributed by atoms with Crippen molar-refractivity contribution in [2.24, 2.45) is 0 Å². The molecule has 0 aliphatic carbocycles. The molecule has 0 spiro atoms. The highest BCUT2D eigenvalue weighted by molar-refractivity contribution is 5.80. The fourth-order valence-electron chi connectivity index (χ4n) is 2.12. The summed E-state index contributed by atoms with van der Waals surface area (Å²) in [6.07, 6.45) is 1.79. The Hall–Kier alpha value is -2.02. The average molecular weight is 230 g/mol. The summed E-state index contributed by atoms with van der Waals surface area (Å²) in [6, 6.07) is 8.64. The molecule has 1 aromatic rings. The number of amides is 1. The van der Waals surface area contributed by atoms with E-state index in [-0.39, 0.29) is 24.1 Å². The topological polar surface area (TPSA) is 64.3 Å². The summed E-state index contributed by atoms with van der Waals surface area (Å²) in [4.78, 5) is 13.6. The van der Waals surface area contributed by atoms with Gasteiger partial charge in [0.25, 0.3) is 0 Å². The van der Waals surface area contributed by atoms with E-state index >= 15 is 0 Å². The fourth-order valence-corrected chi connectivity index (χ4v) is 2.12. The lowest BCUT2D eigenvalue weighted by atomic mass is 10.1. The zero-order valence-electron chi connectivity index (χ0n) is 9.47. The molecule has 1 saturated heterocycles. The summed E-state index contributed by atoms with van der Waals surface area (Å²) >= 11 is 0. The molecule has 0 aromatic heterocycles. The third kappa shape index (κ3) is 2.39. The maximum absolute atomic E-state index is 12.0. The number of carbonyl (C=O) groups excluding carboxylic acids is 1. The standard InChI is InChI=1S/C13H14N2O2/c14-9-11-5-3-7-15(11)13(17)8-10-4-1-2-6-12(10)16/h1-2,4,6,11,16H,3,5,7-8H2. The molecule has 1 aliphatic heterocycles. The van der Waals surface area contributed by atoms with Crippen LogP contribution >= 0.6 is 0 Å². The number of phenols is 1. The third-order valence-electron chi connectivity index (χ3n) is 3.06. The van der Waals surface area contributed by atoms with Crippen molar-refractivity contribution in [1.82, 2.24) is 4.90 Å². The molecule has 0 saturated carbocycles. The van der Waals surface area contributed by atoms with Gasteiger partial charge < -0.3 is 10.0 Å². The quantitative estimate of drug-likeness (QED) is 0.836. The van der Waals surface area contributed by atoms with Crippen LogP contribution in [0.15, 0.2) is 24.3 Å². The van der Waals surface area contributed by atoms with E-state index in [9.17, 15) is 9.90 Å². The lowest BCUT2D eigenvalue weighted by molar-refractivity contribution is -0.130.